The number of nitrogen functional groups attached to an aromatic ring is 1. The molecule has 24 heavy (non-hydrogen) atoms. The standard InChI is InChI=1S/C19H24N4O/c1-13-8-10-14(11-9-13)16-12-21-18(20)17(23-16)19(24)22-15-6-4-2-3-5-7-15/h8-12,15H,2-7H2,1H3,(H2,20,21)(H,22,24). The van der Waals surface area contributed by atoms with Crippen LogP contribution in [0.25, 0.3) is 11.3 Å². The third-order valence-electron chi connectivity index (χ3n) is 4.55. The summed E-state index contributed by atoms with van der Waals surface area (Å²) in [5.41, 5.74) is 8.88. The lowest BCUT2D eigenvalue weighted by Crippen LogP contribution is -2.35. The molecule has 0 bridgehead atoms. The van der Waals surface area contributed by atoms with E-state index in [-0.39, 0.29) is 23.5 Å². The van der Waals surface area contributed by atoms with E-state index in [4.69, 9.17) is 5.73 Å². The summed E-state index contributed by atoms with van der Waals surface area (Å²) in [6, 6.07) is 8.19. The number of aromatic nitrogens is 2. The molecule has 3 rings (SSSR count). The minimum absolute atomic E-state index is 0.178. The molecule has 1 fully saturated rings. The lowest BCUT2D eigenvalue weighted by Gasteiger charge is -2.16. The van der Waals surface area contributed by atoms with Crippen molar-refractivity contribution in [2.75, 3.05) is 5.73 Å². The molecule has 1 aliphatic rings. The second kappa shape index (κ2) is 7.43. The number of anilines is 1. The third-order valence-corrected chi connectivity index (χ3v) is 4.55. The van der Waals surface area contributed by atoms with Crippen molar-refractivity contribution in [3.8, 4) is 11.3 Å². The Labute approximate surface area is 142 Å². The second-order valence-corrected chi connectivity index (χ2v) is 6.52. The Bertz CT molecular complexity index is 704. The zero-order valence-corrected chi connectivity index (χ0v) is 14.1. The van der Waals surface area contributed by atoms with Crippen molar-refractivity contribution in [2.24, 2.45) is 0 Å². The van der Waals surface area contributed by atoms with Crippen LogP contribution in [0.2, 0.25) is 0 Å². The molecular formula is C19H24N4O. The zero-order chi connectivity index (χ0) is 16.9. The van der Waals surface area contributed by atoms with Gasteiger partial charge in [-0.1, -0.05) is 55.5 Å². The Balaban J connectivity index is 1.80. The highest BCUT2D eigenvalue weighted by Gasteiger charge is 2.19. The summed E-state index contributed by atoms with van der Waals surface area (Å²) in [5.74, 6) is -0.0437. The molecular weight excluding hydrogens is 300 g/mol. The molecule has 0 spiro atoms. The number of amides is 1. The van der Waals surface area contributed by atoms with Crippen LogP contribution in [0.1, 0.15) is 54.6 Å². The number of nitrogens with one attached hydrogen (secondary N) is 1. The number of aryl methyl sites for hydroxylation is 1. The predicted molar refractivity (Wildman–Crippen MR) is 95.6 cm³/mol. The molecule has 1 aromatic carbocycles. The van der Waals surface area contributed by atoms with E-state index >= 15 is 0 Å². The molecule has 0 saturated heterocycles. The molecule has 2 aromatic rings. The summed E-state index contributed by atoms with van der Waals surface area (Å²) < 4.78 is 0. The molecule has 1 heterocycles. The summed E-state index contributed by atoms with van der Waals surface area (Å²) in [6.07, 6.45) is 8.48. The lowest BCUT2D eigenvalue weighted by atomic mass is 10.1. The molecule has 0 atom stereocenters. The minimum Gasteiger partial charge on any atom is -0.382 e. The van der Waals surface area contributed by atoms with Gasteiger partial charge in [0.2, 0.25) is 0 Å². The van der Waals surface area contributed by atoms with Crippen LogP contribution < -0.4 is 11.1 Å². The van der Waals surface area contributed by atoms with Gasteiger partial charge in [0, 0.05) is 11.6 Å². The molecule has 0 aliphatic heterocycles. The molecule has 1 amide bonds. The quantitative estimate of drug-likeness (QED) is 0.847. The number of carbonyl (C=O) groups is 1. The van der Waals surface area contributed by atoms with Crippen molar-refractivity contribution in [3.05, 3.63) is 41.7 Å². The molecule has 3 N–H and O–H groups in total. The van der Waals surface area contributed by atoms with Gasteiger partial charge in [-0.2, -0.15) is 0 Å². The van der Waals surface area contributed by atoms with E-state index in [2.05, 4.69) is 15.3 Å². The first-order valence-corrected chi connectivity index (χ1v) is 8.64. The van der Waals surface area contributed by atoms with Gasteiger partial charge in [-0.15, -0.1) is 0 Å². The first-order valence-electron chi connectivity index (χ1n) is 8.64. The van der Waals surface area contributed by atoms with Crippen LogP contribution in [0.3, 0.4) is 0 Å². The second-order valence-electron chi connectivity index (χ2n) is 6.52. The van der Waals surface area contributed by atoms with Gasteiger partial charge >= 0.3 is 0 Å². The summed E-state index contributed by atoms with van der Waals surface area (Å²) >= 11 is 0. The van der Waals surface area contributed by atoms with Crippen LogP contribution in [-0.2, 0) is 0 Å². The summed E-state index contributed by atoms with van der Waals surface area (Å²) in [4.78, 5) is 21.2. The fourth-order valence-electron chi connectivity index (χ4n) is 3.11. The Morgan fingerprint density at radius 3 is 2.46 bits per heavy atom. The van der Waals surface area contributed by atoms with Crippen molar-refractivity contribution < 1.29 is 4.79 Å². The van der Waals surface area contributed by atoms with Crippen LogP contribution >= 0.6 is 0 Å². The van der Waals surface area contributed by atoms with Gasteiger partial charge in [-0.05, 0) is 19.8 Å². The molecule has 0 radical (unpaired) electrons. The number of carbonyl (C=O) groups excluding carboxylic acids is 1. The van der Waals surface area contributed by atoms with Crippen molar-refractivity contribution in [2.45, 2.75) is 51.5 Å². The minimum atomic E-state index is -0.221. The van der Waals surface area contributed by atoms with E-state index in [0.717, 1.165) is 31.2 Å². The number of hydrogen-bond acceptors (Lipinski definition) is 4. The first kappa shape index (κ1) is 16.4. The largest absolute Gasteiger partial charge is 0.382 e. The fraction of sp³-hybridized carbons (Fsp3) is 0.421. The maximum absolute atomic E-state index is 12.6. The van der Waals surface area contributed by atoms with Gasteiger partial charge in [0.05, 0.1) is 11.9 Å². The Kier molecular flexibility index (Phi) is 5.08. The highest BCUT2D eigenvalue weighted by Crippen LogP contribution is 2.20. The summed E-state index contributed by atoms with van der Waals surface area (Å²) in [7, 11) is 0. The average molecular weight is 324 g/mol. The Morgan fingerprint density at radius 2 is 1.79 bits per heavy atom. The van der Waals surface area contributed by atoms with Crippen LogP contribution in [0.5, 0.6) is 0 Å². The zero-order valence-electron chi connectivity index (χ0n) is 14.1. The van der Waals surface area contributed by atoms with Gasteiger partial charge in [-0.3, -0.25) is 4.79 Å². The lowest BCUT2D eigenvalue weighted by molar-refractivity contribution is 0.0929. The normalized spacial score (nSPS) is 15.7. The maximum Gasteiger partial charge on any atom is 0.273 e. The first-order chi connectivity index (χ1) is 11.6. The monoisotopic (exact) mass is 324 g/mol. The number of benzene rings is 1. The SMILES string of the molecule is Cc1ccc(-c2cnc(N)c(C(=O)NC3CCCCCC3)n2)cc1. The van der Waals surface area contributed by atoms with Gasteiger partial charge in [0.15, 0.2) is 11.5 Å². The molecule has 126 valence electrons. The molecule has 1 aromatic heterocycles. The van der Waals surface area contributed by atoms with E-state index in [9.17, 15) is 4.79 Å². The van der Waals surface area contributed by atoms with Gasteiger partial charge < -0.3 is 11.1 Å². The molecule has 5 heteroatoms. The van der Waals surface area contributed by atoms with Gasteiger partial charge in [0.1, 0.15) is 0 Å². The van der Waals surface area contributed by atoms with Gasteiger partial charge in [-0.25, -0.2) is 9.97 Å². The van der Waals surface area contributed by atoms with Crippen molar-refractivity contribution >= 4 is 11.7 Å². The summed E-state index contributed by atoms with van der Waals surface area (Å²) in [6.45, 7) is 2.03. The van der Waals surface area contributed by atoms with Crippen molar-refractivity contribution in [1.82, 2.24) is 15.3 Å². The van der Waals surface area contributed by atoms with Crippen LogP contribution in [-0.4, -0.2) is 21.9 Å². The van der Waals surface area contributed by atoms with E-state index in [0.29, 0.717) is 5.69 Å². The van der Waals surface area contributed by atoms with E-state index in [1.165, 1.54) is 18.4 Å². The highest BCUT2D eigenvalue weighted by atomic mass is 16.2. The Hall–Kier alpha value is -2.43. The maximum atomic E-state index is 12.6. The molecule has 0 unspecified atom stereocenters. The fourth-order valence-corrected chi connectivity index (χ4v) is 3.11. The number of rotatable bonds is 3. The highest BCUT2D eigenvalue weighted by molar-refractivity contribution is 5.97. The molecule has 1 saturated carbocycles. The van der Waals surface area contributed by atoms with Gasteiger partial charge in [0.25, 0.3) is 5.91 Å². The van der Waals surface area contributed by atoms with E-state index < -0.39 is 0 Å². The van der Waals surface area contributed by atoms with Crippen molar-refractivity contribution in [3.63, 3.8) is 0 Å². The third kappa shape index (κ3) is 3.91. The van der Waals surface area contributed by atoms with Crippen LogP contribution in [0.4, 0.5) is 5.82 Å². The van der Waals surface area contributed by atoms with Crippen LogP contribution in [0.15, 0.2) is 30.5 Å². The van der Waals surface area contributed by atoms with E-state index in [1.54, 1.807) is 6.20 Å². The van der Waals surface area contributed by atoms with Crippen LogP contribution in [0, 0.1) is 6.92 Å². The average Bonchev–Trinajstić information content (AvgIpc) is 2.85. The summed E-state index contributed by atoms with van der Waals surface area (Å²) in [5, 5.41) is 3.08. The number of nitrogens with zero attached hydrogens (tertiary/aromatic N) is 2. The molecule has 1 aliphatic carbocycles. The van der Waals surface area contributed by atoms with E-state index in [1.807, 2.05) is 31.2 Å². The number of nitrogens with two attached hydrogens (primary N) is 1. The topological polar surface area (TPSA) is 80.9 Å². The smallest absolute Gasteiger partial charge is 0.273 e. The Morgan fingerprint density at radius 1 is 1.12 bits per heavy atom. The van der Waals surface area contributed by atoms with Crippen molar-refractivity contribution in [1.29, 1.82) is 0 Å². The predicted octanol–water partition coefficient (Wildman–Crippen LogP) is 3.49. The number of hydrogen-bond donors (Lipinski definition) is 2. The molecule has 5 nitrogen and oxygen atoms in total.